The van der Waals surface area contributed by atoms with Crippen molar-refractivity contribution in [2.45, 2.75) is 23.7 Å². The van der Waals surface area contributed by atoms with Gasteiger partial charge in [-0.2, -0.15) is 0 Å². The summed E-state index contributed by atoms with van der Waals surface area (Å²) in [6.45, 7) is 1.80. The first-order chi connectivity index (χ1) is 8.66. The molecule has 0 heterocycles. The van der Waals surface area contributed by atoms with Gasteiger partial charge >= 0.3 is 0 Å². The minimum absolute atomic E-state index is 0.444. The van der Waals surface area contributed by atoms with Gasteiger partial charge in [0.1, 0.15) is 0 Å². The fraction of sp³-hybridized carbons (Fsp3) is 0.200. The molecule has 2 aromatic carbocycles. The van der Waals surface area contributed by atoms with Crippen LogP contribution in [0, 0.1) is 0 Å². The van der Waals surface area contributed by atoms with Crippen LogP contribution < -0.4 is 0 Å². The van der Waals surface area contributed by atoms with E-state index in [9.17, 15) is 5.11 Å². The van der Waals surface area contributed by atoms with E-state index < -0.39 is 6.10 Å². The maximum atomic E-state index is 9.79. The normalized spacial score (nSPS) is 12.4. The number of rotatable bonds is 4. The van der Waals surface area contributed by atoms with Crippen LogP contribution in [0.15, 0.2) is 57.9 Å². The summed E-state index contributed by atoms with van der Waals surface area (Å²) in [7, 11) is 0. The lowest BCUT2D eigenvalue weighted by molar-refractivity contribution is 0.196. The zero-order valence-electron chi connectivity index (χ0n) is 10.1. The van der Waals surface area contributed by atoms with E-state index >= 15 is 0 Å². The lowest BCUT2D eigenvalue weighted by atomic mass is 10.1. The Labute approximate surface area is 120 Å². The van der Waals surface area contributed by atoms with Gasteiger partial charge < -0.3 is 5.11 Å². The zero-order valence-corrected chi connectivity index (χ0v) is 12.5. The molecule has 0 aliphatic carbocycles. The molecular formula is C15H15BrOS. The minimum Gasteiger partial charge on any atom is -0.389 e. The highest BCUT2D eigenvalue weighted by Crippen LogP contribution is 2.32. The maximum Gasteiger partial charge on any atom is 0.0773 e. The second-order valence-electron chi connectivity index (χ2n) is 4.13. The van der Waals surface area contributed by atoms with E-state index in [1.807, 2.05) is 30.3 Å². The van der Waals surface area contributed by atoms with Crippen molar-refractivity contribution in [1.29, 1.82) is 0 Å². The van der Waals surface area contributed by atoms with Gasteiger partial charge in [-0.15, -0.1) is 11.8 Å². The van der Waals surface area contributed by atoms with Crippen molar-refractivity contribution in [3.05, 3.63) is 64.1 Å². The molecule has 0 saturated carbocycles. The van der Waals surface area contributed by atoms with Crippen molar-refractivity contribution >= 4 is 27.7 Å². The molecule has 1 unspecified atom stereocenters. The van der Waals surface area contributed by atoms with Gasteiger partial charge in [-0.1, -0.05) is 46.3 Å². The van der Waals surface area contributed by atoms with Crippen molar-refractivity contribution in [2.75, 3.05) is 0 Å². The van der Waals surface area contributed by atoms with Crippen molar-refractivity contribution in [3.8, 4) is 0 Å². The molecule has 1 N–H and O–H groups in total. The Morgan fingerprint density at radius 2 is 1.89 bits per heavy atom. The SMILES string of the molecule is CC(O)c1cc(Br)ccc1SCc1ccccc1. The van der Waals surface area contributed by atoms with E-state index in [1.54, 1.807) is 18.7 Å². The van der Waals surface area contributed by atoms with Gasteiger partial charge in [0.2, 0.25) is 0 Å². The average molecular weight is 323 g/mol. The predicted octanol–water partition coefficient (Wildman–Crippen LogP) is 4.79. The Morgan fingerprint density at radius 3 is 2.56 bits per heavy atom. The zero-order chi connectivity index (χ0) is 13.0. The molecule has 1 atom stereocenters. The lowest BCUT2D eigenvalue weighted by Gasteiger charge is -2.12. The van der Waals surface area contributed by atoms with E-state index in [-0.39, 0.29) is 0 Å². The summed E-state index contributed by atoms with van der Waals surface area (Å²) in [5.41, 5.74) is 2.27. The van der Waals surface area contributed by atoms with Crippen LogP contribution in [0.3, 0.4) is 0 Å². The Kier molecular flexibility index (Phi) is 4.87. The third-order valence-corrected chi connectivity index (χ3v) is 4.31. The van der Waals surface area contributed by atoms with E-state index in [2.05, 4.69) is 34.1 Å². The van der Waals surface area contributed by atoms with Crippen molar-refractivity contribution in [3.63, 3.8) is 0 Å². The third-order valence-electron chi connectivity index (χ3n) is 2.66. The Morgan fingerprint density at radius 1 is 1.17 bits per heavy atom. The summed E-state index contributed by atoms with van der Waals surface area (Å²) in [5, 5.41) is 9.79. The van der Waals surface area contributed by atoms with Gasteiger partial charge in [-0.25, -0.2) is 0 Å². The third kappa shape index (κ3) is 3.61. The number of hydrogen-bond acceptors (Lipinski definition) is 2. The summed E-state index contributed by atoms with van der Waals surface area (Å²) < 4.78 is 1.00. The molecule has 0 aromatic heterocycles. The van der Waals surface area contributed by atoms with Crippen molar-refractivity contribution in [2.24, 2.45) is 0 Å². The largest absolute Gasteiger partial charge is 0.389 e. The maximum absolute atomic E-state index is 9.79. The van der Waals surface area contributed by atoms with Crippen molar-refractivity contribution in [1.82, 2.24) is 0 Å². The molecule has 94 valence electrons. The highest BCUT2D eigenvalue weighted by Gasteiger charge is 2.09. The minimum atomic E-state index is -0.444. The second-order valence-corrected chi connectivity index (χ2v) is 6.07. The lowest BCUT2D eigenvalue weighted by Crippen LogP contribution is -1.94. The number of benzene rings is 2. The molecule has 2 rings (SSSR count). The highest BCUT2D eigenvalue weighted by molar-refractivity contribution is 9.10. The van der Waals surface area contributed by atoms with Crippen LogP contribution >= 0.6 is 27.7 Å². The smallest absolute Gasteiger partial charge is 0.0773 e. The Hall–Kier alpha value is -0.770. The van der Waals surface area contributed by atoms with E-state index in [1.165, 1.54) is 5.56 Å². The first-order valence-electron chi connectivity index (χ1n) is 5.81. The average Bonchev–Trinajstić information content (AvgIpc) is 2.38. The molecule has 0 aliphatic rings. The molecule has 0 fully saturated rings. The second kappa shape index (κ2) is 6.41. The quantitative estimate of drug-likeness (QED) is 0.816. The van der Waals surface area contributed by atoms with Gasteiger partial charge in [0.15, 0.2) is 0 Å². The van der Waals surface area contributed by atoms with Crippen LogP contribution in [-0.4, -0.2) is 5.11 Å². The first-order valence-corrected chi connectivity index (χ1v) is 7.59. The number of thioether (sulfide) groups is 1. The summed E-state index contributed by atoms with van der Waals surface area (Å²) in [5.74, 6) is 0.919. The van der Waals surface area contributed by atoms with Gasteiger partial charge in [0.25, 0.3) is 0 Å². The number of aliphatic hydroxyl groups is 1. The number of aliphatic hydroxyl groups excluding tert-OH is 1. The molecule has 18 heavy (non-hydrogen) atoms. The van der Waals surface area contributed by atoms with Crippen LogP contribution in [-0.2, 0) is 5.75 Å². The Balaban J connectivity index is 2.14. The Bertz CT molecular complexity index is 511. The fourth-order valence-electron chi connectivity index (χ4n) is 1.71. The molecule has 0 aliphatic heterocycles. The summed E-state index contributed by atoms with van der Waals surface area (Å²) in [6.07, 6.45) is -0.444. The van der Waals surface area contributed by atoms with Crippen LogP contribution in [0.2, 0.25) is 0 Å². The molecule has 0 radical (unpaired) electrons. The number of hydrogen-bond donors (Lipinski definition) is 1. The summed E-state index contributed by atoms with van der Waals surface area (Å²) >= 11 is 5.20. The standard InChI is InChI=1S/C15H15BrOS/c1-11(17)14-9-13(16)7-8-15(14)18-10-12-5-3-2-4-6-12/h2-9,11,17H,10H2,1H3. The van der Waals surface area contributed by atoms with Gasteiger partial charge in [0, 0.05) is 15.1 Å². The molecule has 0 bridgehead atoms. The summed E-state index contributed by atoms with van der Waals surface area (Å²) in [6, 6.07) is 16.4. The highest BCUT2D eigenvalue weighted by atomic mass is 79.9. The molecule has 0 amide bonds. The predicted molar refractivity (Wildman–Crippen MR) is 80.8 cm³/mol. The first kappa shape index (κ1) is 13.7. The van der Waals surface area contributed by atoms with E-state index in [0.29, 0.717) is 0 Å². The van der Waals surface area contributed by atoms with Gasteiger partial charge in [-0.05, 0) is 36.2 Å². The van der Waals surface area contributed by atoms with Crippen molar-refractivity contribution < 1.29 is 5.11 Å². The molecule has 0 spiro atoms. The topological polar surface area (TPSA) is 20.2 Å². The molecule has 0 saturated heterocycles. The van der Waals surface area contributed by atoms with E-state index in [4.69, 9.17) is 0 Å². The molecule has 1 nitrogen and oxygen atoms in total. The number of halogens is 1. The van der Waals surface area contributed by atoms with Gasteiger partial charge in [0.05, 0.1) is 6.10 Å². The van der Waals surface area contributed by atoms with Crippen LogP contribution in [0.5, 0.6) is 0 Å². The fourth-order valence-corrected chi connectivity index (χ4v) is 3.17. The van der Waals surface area contributed by atoms with E-state index in [0.717, 1.165) is 20.7 Å². The monoisotopic (exact) mass is 322 g/mol. The molecular weight excluding hydrogens is 308 g/mol. The van der Waals surface area contributed by atoms with Gasteiger partial charge in [-0.3, -0.25) is 0 Å². The van der Waals surface area contributed by atoms with Crippen LogP contribution in [0.25, 0.3) is 0 Å². The van der Waals surface area contributed by atoms with Crippen LogP contribution in [0.1, 0.15) is 24.2 Å². The summed E-state index contributed by atoms with van der Waals surface area (Å²) in [4.78, 5) is 1.14. The van der Waals surface area contributed by atoms with Crippen LogP contribution in [0.4, 0.5) is 0 Å². The molecule has 2 aromatic rings. The molecule has 3 heteroatoms.